The molecule has 1 aromatic heterocycles. The second kappa shape index (κ2) is 5.18. The van der Waals surface area contributed by atoms with Gasteiger partial charge in [-0.2, -0.15) is 4.39 Å². The van der Waals surface area contributed by atoms with Crippen LogP contribution in [0.2, 0.25) is 0 Å². The van der Waals surface area contributed by atoms with Gasteiger partial charge in [0, 0.05) is 7.11 Å². The predicted octanol–water partition coefficient (Wildman–Crippen LogP) is 2.41. The molecule has 0 radical (unpaired) electrons. The molecule has 4 nitrogen and oxygen atoms in total. The van der Waals surface area contributed by atoms with Gasteiger partial charge in [-0.3, -0.25) is 4.79 Å². The van der Waals surface area contributed by atoms with E-state index in [4.69, 9.17) is 4.74 Å². The Labute approximate surface area is 106 Å². The zero-order valence-corrected chi connectivity index (χ0v) is 10.9. The quantitative estimate of drug-likeness (QED) is 0.825. The molecule has 0 amide bonds. The first kappa shape index (κ1) is 13.2. The van der Waals surface area contributed by atoms with Gasteiger partial charge in [0.2, 0.25) is 5.82 Å². The number of aryl methyl sites for hydroxylation is 1. The van der Waals surface area contributed by atoms with E-state index in [0.717, 1.165) is 38.5 Å². The zero-order chi connectivity index (χ0) is 13.2. The van der Waals surface area contributed by atoms with Gasteiger partial charge in [0.05, 0.1) is 5.69 Å². The molecule has 1 N–H and O–H groups in total. The van der Waals surface area contributed by atoms with Crippen LogP contribution in [0, 0.1) is 12.7 Å². The fourth-order valence-corrected chi connectivity index (χ4v) is 2.62. The number of aromatic nitrogens is 2. The molecule has 0 aliphatic heterocycles. The number of H-pyrrole nitrogens is 1. The number of aromatic amines is 1. The molecule has 18 heavy (non-hydrogen) atoms. The minimum absolute atomic E-state index is 0.134. The van der Waals surface area contributed by atoms with Crippen LogP contribution in [0.25, 0.3) is 0 Å². The van der Waals surface area contributed by atoms with Crippen LogP contribution in [0.1, 0.15) is 50.0 Å². The second-order valence-corrected chi connectivity index (χ2v) is 4.93. The van der Waals surface area contributed by atoms with Crippen LogP contribution in [0.5, 0.6) is 0 Å². The average Bonchev–Trinajstić information content (AvgIpc) is 2.61. The lowest BCUT2D eigenvalue weighted by molar-refractivity contribution is -0.0356. The summed E-state index contributed by atoms with van der Waals surface area (Å²) in [6.45, 7) is 1.51. The normalized spacial score (nSPS) is 19.5. The molecular formula is C13H19FN2O2. The molecule has 0 unspecified atom stereocenters. The van der Waals surface area contributed by atoms with Crippen LogP contribution >= 0.6 is 0 Å². The predicted molar refractivity (Wildman–Crippen MR) is 65.9 cm³/mol. The number of hydrogen-bond acceptors (Lipinski definition) is 3. The Morgan fingerprint density at radius 1 is 1.28 bits per heavy atom. The summed E-state index contributed by atoms with van der Waals surface area (Å²) < 4.78 is 19.0. The third kappa shape index (κ3) is 2.32. The van der Waals surface area contributed by atoms with E-state index in [1.54, 1.807) is 7.11 Å². The Bertz CT molecular complexity index is 476. The minimum atomic E-state index is -0.807. The number of ether oxygens (including phenoxy) is 1. The average molecular weight is 254 g/mol. The molecule has 2 rings (SSSR count). The molecule has 1 saturated carbocycles. The van der Waals surface area contributed by atoms with Gasteiger partial charge in [0.25, 0.3) is 5.56 Å². The van der Waals surface area contributed by atoms with E-state index >= 15 is 0 Å². The summed E-state index contributed by atoms with van der Waals surface area (Å²) >= 11 is 0. The first-order chi connectivity index (χ1) is 8.59. The van der Waals surface area contributed by atoms with Gasteiger partial charge in [-0.1, -0.05) is 25.7 Å². The Kier molecular flexibility index (Phi) is 3.80. The Hall–Kier alpha value is -1.23. The minimum Gasteiger partial charge on any atom is -0.370 e. The molecule has 0 atom stereocenters. The summed E-state index contributed by atoms with van der Waals surface area (Å²) in [5.74, 6) is -0.338. The second-order valence-electron chi connectivity index (χ2n) is 4.93. The first-order valence-electron chi connectivity index (χ1n) is 6.41. The van der Waals surface area contributed by atoms with Crippen molar-refractivity contribution in [2.75, 3.05) is 7.11 Å². The van der Waals surface area contributed by atoms with E-state index in [-0.39, 0.29) is 5.69 Å². The highest BCUT2D eigenvalue weighted by molar-refractivity contribution is 5.10. The fourth-order valence-electron chi connectivity index (χ4n) is 2.62. The number of hydrogen-bond donors (Lipinski definition) is 1. The smallest absolute Gasteiger partial charge is 0.287 e. The lowest BCUT2D eigenvalue weighted by Gasteiger charge is -2.30. The standard InChI is InChI=1S/C13H19FN2O2/c1-9-10(14)11(17)16-12(15-9)13(18-2)7-5-3-4-6-8-13/h3-8H2,1-2H3,(H,15,16,17). The SMILES string of the molecule is COC1(c2nc(C)c(F)c(=O)[nH]2)CCCCCC1. The van der Waals surface area contributed by atoms with E-state index in [1.165, 1.54) is 6.92 Å². The van der Waals surface area contributed by atoms with Gasteiger partial charge in [-0.05, 0) is 19.8 Å². The van der Waals surface area contributed by atoms with E-state index in [0.29, 0.717) is 5.82 Å². The molecule has 1 heterocycles. The summed E-state index contributed by atoms with van der Waals surface area (Å²) in [6.07, 6.45) is 6.03. The fraction of sp³-hybridized carbons (Fsp3) is 0.692. The topological polar surface area (TPSA) is 55.0 Å². The van der Waals surface area contributed by atoms with Crippen LogP contribution in [0.15, 0.2) is 4.79 Å². The molecule has 0 bridgehead atoms. The third-order valence-corrected chi connectivity index (χ3v) is 3.76. The lowest BCUT2D eigenvalue weighted by Crippen LogP contribution is -2.34. The summed E-state index contributed by atoms with van der Waals surface area (Å²) in [5, 5.41) is 0. The molecule has 0 spiro atoms. The van der Waals surface area contributed by atoms with Gasteiger partial charge in [0.1, 0.15) is 11.4 Å². The van der Waals surface area contributed by atoms with Gasteiger partial charge in [-0.25, -0.2) is 4.98 Å². The van der Waals surface area contributed by atoms with Crippen LogP contribution < -0.4 is 5.56 Å². The Morgan fingerprint density at radius 2 is 1.89 bits per heavy atom. The number of halogens is 1. The lowest BCUT2D eigenvalue weighted by atomic mass is 9.93. The van der Waals surface area contributed by atoms with Crippen LogP contribution in [-0.4, -0.2) is 17.1 Å². The third-order valence-electron chi connectivity index (χ3n) is 3.76. The summed E-state index contributed by atoms with van der Waals surface area (Å²) in [7, 11) is 1.63. The summed E-state index contributed by atoms with van der Waals surface area (Å²) in [6, 6.07) is 0. The maximum absolute atomic E-state index is 13.3. The number of nitrogens with zero attached hydrogens (tertiary/aromatic N) is 1. The Balaban J connectivity index is 2.46. The molecule has 1 aromatic rings. The highest BCUT2D eigenvalue weighted by atomic mass is 19.1. The number of rotatable bonds is 2. The monoisotopic (exact) mass is 254 g/mol. The van der Waals surface area contributed by atoms with Crippen molar-refractivity contribution in [2.24, 2.45) is 0 Å². The van der Waals surface area contributed by atoms with Crippen molar-refractivity contribution in [2.45, 2.75) is 51.0 Å². The summed E-state index contributed by atoms with van der Waals surface area (Å²) in [4.78, 5) is 18.2. The highest BCUT2D eigenvalue weighted by Gasteiger charge is 2.35. The van der Waals surface area contributed by atoms with E-state index in [2.05, 4.69) is 9.97 Å². The first-order valence-corrected chi connectivity index (χ1v) is 6.41. The van der Waals surface area contributed by atoms with Crippen molar-refractivity contribution in [1.82, 2.24) is 9.97 Å². The largest absolute Gasteiger partial charge is 0.370 e. The molecule has 0 aromatic carbocycles. The molecule has 100 valence electrons. The van der Waals surface area contributed by atoms with Crippen molar-refractivity contribution in [3.8, 4) is 0 Å². The van der Waals surface area contributed by atoms with Crippen molar-refractivity contribution < 1.29 is 9.13 Å². The van der Waals surface area contributed by atoms with E-state index in [9.17, 15) is 9.18 Å². The van der Waals surface area contributed by atoms with Gasteiger partial charge >= 0.3 is 0 Å². The van der Waals surface area contributed by atoms with Crippen molar-refractivity contribution in [3.63, 3.8) is 0 Å². The van der Waals surface area contributed by atoms with Crippen molar-refractivity contribution in [3.05, 3.63) is 27.7 Å². The highest BCUT2D eigenvalue weighted by Crippen LogP contribution is 2.36. The van der Waals surface area contributed by atoms with E-state index in [1.807, 2.05) is 0 Å². The van der Waals surface area contributed by atoms with Crippen LogP contribution in [0.4, 0.5) is 4.39 Å². The maximum Gasteiger partial charge on any atom is 0.287 e. The van der Waals surface area contributed by atoms with Crippen LogP contribution in [0.3, 0.4) is 0 Å². The molecular weight excluding hydrogens is 235 g/mol. The maximum atomic E-state index is 13.3. The molecule has 5 heteroatoms. The van der Waals surface area contributed by atoms with Crippen molar-refractivity contribution in [1.29, 1.82) is 0 Å². The number of methoxy groups -OCH3 is 1. The number of nitrogens with one attached hydrogen (secondary N) is 1. The van der Waals surface area contributed by atoms with E-state index < -0.39 is 17.0 Å². The molecule has 1 fully saturated rings. The van der Waals surface area contributed by atoms with Crippen molar-refractivity contribution >= 4 is 0 Å². The Morgan fingerprint density at radius 3 is 2.39 bits per heavy atom. The van der Waals surface area contributed by atoms with Gasteiger partial charge in [0.15, 0.2) is 0 Å². The zero-order valence-electron chi connectivity index (χ0n) is 10.9. The van der Waals surface area contributed by atoms with Gasteiger partial charge in [-0.15, -0.1) is 0 Å². The molecule has 0 saturated heterocycles. The van der Waals surface area contributed by atoms with Gasteiger partial charge < -0.3 is 9.72 Å². The molecule has 1 aliphatic rings. The molecule has 1 aliphatic carbocycles. The van der Waals surface area contributed by atoms with Crippen LogP contribution in [-0.2, 0) is 10.3 Å². The summed E-state index contributed by atoms with van der Waals surface area (Å²) in [5.41, 5.74) is -1.14.